The van der Waals surface area contributed by atoms with Crippen LogP contribution in [0.5, 0.6) is 5.75 Å². The molecule has 6 nitrogen and oxygen atoms in total. The van der Waals surface area contributed by atoms with Crippen molar-refractivity contribution in [2.45, 2.75) is 6.18 Å². The lowest BCUT2D eigenvalue weighted by Gasteiger charge is -2.12. The van der Waals surface area contributed by atoms with Crippen molar-refractivity contribution in [2.75, 3.05) is 13.3 Å². The van der Waals surface area contributed by atoms with Crippen LogP contribution < -0.4 is 16.0 Å². The van der Waals surface area contributed by atoms with Crippen LogP contribution in [-0.4, -0.2) is 37.1 Å². The number of aromatic nitrogens is 1. The normalized spacial score (nSPS) is 12.3. The van der Waals surface area contributed by atoms with E-state index in [-0.39, 0.29) is 23.6 Å². The lowest BCUT2D eigenvalue weighted by Crippen LogP contribution is -2.28. The molecule has 19 heavy (non-hydrogen) atoms. The van der Waals surface area contributed by atoms with E-state index in [9.17, 15) is 18.0 Å². The van der Waals surface area contributed by atoms with E-state index in [1.165, 1.54) is 12.1 Å². The zero-order valence-corrected chi connectivity index (χ0v) is 9.72. The fourth-order valence-electron chi connectivity index (χ4n) is 1.27. The number of halogens is 3. The Morgan fingerprint density at radius 3 is 2.63 bits per heavy atom. The largest absolute Gasteiger partial charge is 0.480 e. The second-order valence-corrected chi connectivity index (χ2v) is 3.26. The molecule has 0 spiro atoms. The van der Waals surface area contributed by atoms with Crippen LogP contribution in [-0.2, 0) is 0 Å². The molecule has 2 N–H and O–H groups in total. The van der Waals surface area contributed by atoms with E-state index in [1.54, 1.807) is 0 Å². The number of aldehydes is 1. The molecular formula is C10H11F3N4O2. The number of nitrogens with zero attached hydrogens (tertiary/aromatic N) is 3. The molecule has 0 amide bonds. The highest BCUT2D eigenvalue weighted by Gasteiger charge is 2.28. The summed E-state index contributed by atoms with van der Waals surface area (Å²) in [6.07, 6.45) is -4.03. The summed E-state index contributed by atoms with van der Waals surface area (Å²) in [7, 11) is 0. The van der Waals surface area contributed by atoms with Crippen molar-refractivity contribution in [3.63, 3.8) is 0 Å². The average Bonchev–Trinajstić information content (AvgIpc) is 2.35. The first-order valence-electron chi connectivity index (χ1n) is 5.01. The van der Waals surface area contributed by atoms with Gasteiger partial charge in [0.25, 0.3) is 0 Å². The Labute approximate surface area is 106 Å². The molecule has 0 aliphatic rings. The standard InChI is InChI=1S/C10H11F3N4O2/c1-15-17-7(4-18)2-3-8(9(17)16-6-14)19-5-10(11,12)13/h2-4H,1,5-6,14H2. The van der Waals surface area contributed by atoms with Gasteiger partial charge in [0.05, 0.1) is 6.67 Å². The number of rotatable bonds is 5. The number of pyridine rings is 1. The van der Waals surface area contributed by atoms with Crippen molar-refractivity contribution >= 4 is 13.0 Å². The highest BCUT2D eigenvalue weighted by atomic mass is 19.4. The quantitative estimate of drug-likeness (QED) is 0.629. The van der Waals surface area contributed by atoms with Gasteiger partial charge in [-0.3, -0.25) is 4.79 Å². The van der Waals surface area contributed by atoms with Gasteiger partial charge in [0.15, 0.2) is 24.1 Å². The Kier molecular flexibility index (Phi) is 4.81. The van der Waals surface area contributed by atoms with E-state index in [0.717, 1.165) is 4.68 Å². The molecule has 1 rings (SSSR count). The smallest absolute Gasteiger partial charge is 0.422 e. The van der Waals surface area contributed by atoms with Gasteiger partial charge in [-0.2, -0.15) is 18.3 Å². The zero-order chi connectivity index (χ0) is 14.5. The van der Waals surface area contributed by atoms with Crippen molar-refractivity contribution in [3.8, 4) is 5.75 Å². The Hall–Kier alpha value is -2.16. The minimum atomic E-state index is -4.49. The highest BCUT2D eigenvalue weighted by molar-refractivity contribution is 5.72. The molecule has 0 aliphatic carbocycles. The van der Waals surface area contributed by atoms with E-state index in [4.69, 9.17) is 5.73 Å². The number of hydrogen-bond donors (Lipinski definition) is 1. The molecule has 9 heteroatoms. The van der Waals surface area contributed by atoms with Crippen molar-refractivity contribution in [3.05, 3.63) is 23.3 Å². The molecule has 0 saturated carbocycles. The monoisotopic (exact) mass is 276 g/mol. The second-order valence-electron chi connectivity index (χ2n) is 3.26. The van der Waals surface area contributed by atoms with E-state index < -0.39 is 12.8 Å². The minimum absolute atomic E-state index is 0.0570. The molecule has 0 radical (unpaired) electrons. The number of carbonyl (C=O) groups is 1. The summed E-state index contributed by atoms with van der Waals surface area (Å²) >= 11 is 0. The highest BCUT2D eigenvalue weighted by Crippen LogP contribution is 2.16. The SMILES string of the molecule is C=Nn1c(C=O)ccc(OCC(F)(F)F)c1=NCN. The Morgan fingerprint density at radius 1 is 1.47 bits per heavy atom. The van der Waals surface area contributed by atoms with Crippen molar-refractivity contribution in [1.29, 1.82) is 0 Å². The molecule has 0 aromatic carbocycles. The van der Waals surface area contributed by atoms with Gasteiger partial charge in [-0.15, -0.1) is 0 Å². The summed E-state index contributed by atoms with van der Waals surface area (Å²) in [4.78, 5) is 14.5. The fourth-order valence-corrected chi connectivity index (χ4v) is 1.27. The molecule has 1 aromatic rings. The van der Waals surface area contributed by atoms with Crippen LogP contribution in [0.25, 0.3) is 0 Å². The maximum atomic E-state index is 12.1. The number of hydrogen-bond acceptors (Lipinski definition) is 5. The van der Waals surface area contributed by atoms with E-state index >= 15 is 0 Å². The number of carbonyl (C=O) groups excluding carboxylic acids is 1. The summed E-state index contributed by atoms with van der Waals surface area (Å²) in [6, 6.07) is 2.43. The van der Waals surface area contributed by atoms with Crippen LogP contribution in [0.2, 0.25) is 0 Å². The van der Waals surface area contributed by atoms with Gasteiger partial charge in [0.1, 0.15) is 5.69 Å². The molecule has 1 heterocycles. The lowest BCUT2D eigenvalue weighted by atomic mass is 10.3. The summed E-state index contributed by atoms with van der Waals surface area (Å²) in [5.74, 6) is -0.194. The van der Waals surface area contributed by atoms with Gasteiger partial charge in [0, 0.05) is 6.72 Å². The topological polar surface area (TPSA) is 82.0 Å². The van der Waals surface area contributed by atoms with Crippen molar-refractivity contribution in [2.24, 2.45) is 15.8 Å². The predicted molar refractivity (Wildman–Crippen MR) is 60.9 cm³/mol. The van der Waals surface area contributed by atoms with Gasteiger partial charge in [-0.25, -0.2) is 9.67 Å². The first kappa shape index (κ1) is 14.9. The van der Waals surface area contributed by atoms with Crippen LogP contribution in [0.15, 0.2) is 22.2 Å². The van der Waals surface area contributed by atoms with Gasteiger partial charge in [-0.1, -0.05) is 0 Å². The molecule has 0 bridgehead atoms. The van der Waals surface area contributed by atoms with Gasteiger partial charge < -0.3 is 10.5 Å². The summed E-state index contributed by atoms with van der Waals surface area (Å²) < 4.78 is 41.9. The van der Waals surface area contributed by atoms with Gasteiger partial charge >= 0.3 is 6.18 Å². The van der Waals surface area contributed by atoms with E-state index in [0.29, 0.717) is 6.29 Å². The third-order valence-electron chi connectivity index (χ3n) is 1.97. The second kappa shape index (κ2) is 6.14. The summed E-state index contributed by atoms with van der Waals surface area (Å²) in [6.45, 7) is 1.51. The van der Waals surface area contributed by atoms with Crippen LogP contribution in [0.1, 0.15) is 10.5 Å². The molecule has 0 atom stereocenters. The lowest BCUT2D eigenvalue weighted by molar-refractivity contribution is -0.153. The predicted octanol–water partition coefficient (Wildman–Crippen LogP) is 0.522. The maximum absolute atomic E-state index is 12.1. The zero-order valence-electron chi connectivity index (χ0n) is 9.72. The van der Waals surface area contributed by atoms with E-state index in [2.05, 4.69) is 21.5 Å². The molecule has 104 valence electrons. The fraction of sp³-hybridized carbons (Fsp3) is 0.300. The average molecular weight is 276 g/mol. The van der Waals surface area contributed by atoms with E-state index in [1.807, 2.05) is 0 Å². The maximum Gasteiger partial charge on any atom is 0.422 e. The first-order valence-corrected chi connectivity index (χ1v) is 5.01. The van der Waals surface area contributed by atoms with Gasteiger partial charge in [-0.05, 0) is 12.1 Å². The molecule has 0 aliphatic heterocycles. The van der Waals surface area contributed by atoms with Gasteiger partial charge in [0.2, 0.25) is 0 Å². The Morgan fingerprint density at radius 2 is 2.16 bits per heavy atom. The number of nitrogens with two attached hydrogens (primary N) is 1. The number of ether oxygens (including phenoxy) is 1. The van der Waals surface area contributed by atoms with Crippen LogP contribution in [0.3, 0.4) is 0 Å². The summed E-state index contributed by atoms with van der Waals surface area (Å²) in [5, 5.41) is 3.49. The minimum Gasteiger partial charge on any atom is -0.480 e. The number of alkyl halides is 3. The molecule has 1 aromatic heterocycles. The first-order chi connectivity index (χ1) is 8.92. The van der Waals surface area contributed by atoms with Crippen LogP contribution in [0, 0.1) is 0 Å². The Bertz CT molecular complexity index is 537. The van der Waals surface area contributed by atoms with Crippen molar-refractivity contribution < 1.29 is 22.7 Å². The van der Waals surface area contributed by atoms with Crippen LogP contribution >= 0.6 is 0 Å². The molecule has 0 fully saturated rings. The van der Waals surface area contributed by atoms with Crippen molar-refractivity contribution in [1.82, 2.24) is 4.68 Å². The molecular weight excluding hydrogens is 265 g/mol. The third-order valence-corrected chi connectivity index (χ3v) is 1.97. The molecule has 0 unspecified atom stereocenters. The molecule has 0 saturated heterocycles. The summed E-state index contributed by atoms with van der Waals surface area (Å²) in [5.41, 5.74) is 5.17. The third kappa shape index (κ3) is 3.91. The van der Waals surface area contributed by atoms with Crippen LogP contribution in [0.4, 0.5) is 13.2 Å². The Balaban J connectivity index is 3.29.